The second-order valence-corrected chi connectivity index (χ2v) is 6.34. The first-order valence-corrected chi connectivity index (χ1v) is 8.56. The van der Waals surface area contributed by atoms with E-state index in [0.29, 0.717) is 0 Å². The maximum absolute atomic E-state index is 12.9. The molecule has 0 unspecified atom stereocenters. The van der Waals surface area contributed by atoms with Gasteiger partial charge in [-0.2, -0.15) is 0 Å². The summed E-state index contributed by atoms with van der Waals surface area (Å²) in [7, 11) is 0. The van der Waals surface area contributed by atoms with Crippen molar-refractivity contribution in [2.45, 2.75) is 25.4 Å². The van der Waals surface area contributed by atoms with Gasteiger partial charge in [0.2, 0.25) is 5.91 Å². The van der Waals surface area contributed by atoms with E-state index in [9.17, 15) is 4.79 Å². The average molecular weight is 332 g/mol. The summed E-state index contributed by atoms with van der Waals surface area (Å²) in [5.41, 5.74) is 3.83. The van der Waals surface area contributed by atoms with Crippen molar-refractivity contribution in [3.63, 3.8) is 0 Å². The van der Waals surface area contributed by atoms with Crippen LogP contribution in [0.25, 0.3) is 0 Å². The van der Waals surface area contributed by atoms with E-state index in [4.69, 9.17) is 0 Å². The van der Waals surface area contributed by atoms with Crippen molar-refractivity contribution < 1.29 is 4.79 Å². The monoisotopic (exact) mass is 332 g/mol. The molecule has 2 aromatic carbocycles. The lowest BCUT2D eigenvalue weighted by Crippen LogP contribution is -2.42. The Morgan fingerprint density at radius 3 is 2.68 bits per heavy atom. The Morgan fingerprint density at radius 2 is 1.88 bits per heavy atom. The molecule has 0 fully saturated rings. The molecular weight excluding hydrogens is 312 g/mol. The van der Waals surface area contributed by atoms with Crippen LogP contribution in [0.5, 0.6) is 0 Å². The van der Waals surface area contributed by atoms with Crippen LogP contribution in [-0.4, -0.2) is 32.3 Å². The SMILES string of the molecule is O=C(Cn1ccnn1)N1CCc2ccccc2[C@@H]1Cc1ccccc1. The third kappa shape index (κ3) is 3.31. The van der Waals surface area contributed by atoms with Crippen molar-refractivity contribution in [2.24, 2.45) is 0 Å². The topological polar surface area (TPSA) is 51.0 Å². The predicted molar refractivity (Wildman–Crippen MR) is 94.8 cm³/mol. The van der Waals surface area contributed by atoms with Crippen molar-refractivity contribution in [3.8, 4) is 0 Å². The van der Waals surface area contributed by atoms with Crippen molar-refractivity contribution >= 4 is 5.91 Å². The molecule has 0 N–H and O–H groups in total. The molecule has 1 aliphatic rings. The first-order chi connectivity index (χ1) is 12.3. The normalized spacial score (nSPS) is 16.5. The standard InChI is InChI=1S/C20H20N4O/c25-20(15-23-13-11-21-22-23)24-12-10-17-8-4-5-9-18(17)19(24)14-16-6-2-1-3-7-16/h1-9,11,13,19H,10,12,14-15H2/t19-/m0/s1. The maximum Gasteiger partial charge on any atom is 0.244 e. The summed E-state index contributed by atoms with van der Waals surface area (Å²) in [6.45, 7) is 0.968. The van der Waals surface area contributed by atoms with E-state index >= 15 is 0 Å². The van der Waals surface area contributed by atoms with Crippen LogP contribution >= 0.6 is 0 Å². The van der Waals surface area contributed by atoms with Gasteiger partial charge >= 0.3 is 0 Å². The lowest BCUT2D eigenvalue weighted by atomic mass is 9.88. The molecule has 0 saturated heterocycles. The highest BCUT2D eigenvalue weighted by Crippen LogP contribution is 2.32. The number of carbonyl (C=O) groups is 1. The minimum atomic E-state index is 0.0587. The van der Waals surface area contributed by atoms with E-state index in [0.717, 1.165) is 19.4 Å². The summed E-state index contributed by atoms with van der Waals surface area (Å²) >= 11 is 0. The van der Waals surface area contributed by atoms with Gasteiger partial charge in [-0.05, 0) is 29.5 Å². The van der Waals surface area contributed by atoms with Gasteiger partial charge in [0.1, 0.15) is 6.54 Å². The zero-order chi connectivity index (χ0) is 17.1. The minimum Gasteiger partial charge on any atom is -0.333 e. The second kappa shape index (κ2) is 6.89. The molecule has 5 heteroatoms. The fourth-order valence-corrected chi connectivity index (χ4v) is 3.55. The van der Waals surface area contributed by atoms with Gasteiger partial charge in [-0.1, -0.05) is 59.8 Å². The molecule has 0 saturated carbocycles. The number of nitrogens with zero attached hydrogens (tertiary/aromatic N) is 4. The van der Waals surface area contributed by atoms with E-state index in [1.807, 2.05) is 23.1 Å². The molecule has 0 bridgehead atoms. The van der Waals surface area contributed by atoms with Crippen LogP contribution in [0, 0.1) is 0 Å². The molecule has 0 radical (unpaired) electrons. The van der Waals surface area contributed by atoms with Gasteiger partial charge in [-0.25, -0.2) is 4.68 Å². The molecule has 0 aliphatic carbocycles. The second-order valence-electron chi connectivity index (χ2n) is 6.34. The molecule has 25 heavy (non-hydrogen) atoms. The van der Waals surface area contributed by atoms with E-state index < -0.39 is 0 Å². The van der Waals surface area contributed by atoms with Gasteiger partial charge in [0.15, 0.2) is 0 Å². The van der Waals surface area contributed by atoms with Gasteiger partial charge in [-0.3, -0.25) is 4.79 Å². The molecule has 1 aromatic heterocycles. The van der Waals surface area contributed by atoms with E-state index in [2.05, 4.69) is 46.7 Å². The molecule has 5 nitrogen and oxygen atoms in total. The highest BCUT2D eigenvalue weighted by molar-refractivity contribution is 5.77. The highest BCUT2D eigenvalue weighted by Gasteiger charge is 2.30. The number of rotatable bonds is 4. The summed E-state index contributed by atoms with van der Waals surface area (Å²) in [5, 5.41) is 7.71. The predicted octanol–water partition coefficient (Wildman–Crippen LogP) is 2.65. The number of aromatic nitrogens is 3. The summed E-state index contributed by atoms with van der Waals surface area (Å²) in [5.74, 6) is 0.0842. The van der Waals surface area contributed by atoms with Crippen LogP contribution in [-0.2, 0) is 24.2 Å². The van der Waals surface area contributed by atoms with Gasteiger partial charge < -0.3 is 4.90 Å². The largest absolute Gasteiger partial charge is 0.333 e. The summed E-state index contributed by atoms with van der Waals surface area (Å²) < 4.78 is 1.59. The number of fused-ring (bicyclic) bond motifs is 1. The lowest BCUT2D eigenvalue weighted by Gasteiger charge is -2.37. The maximum atomic E-state index is 12.9. The van der Waals surface area contributed by atoms with Crippen LogP contribution in [0.1, 0.15) is 22.7 Å². The van der Waals surface area contributed by atoms with Gasteiger partial charge in [-0.15, -0.1) is 5.10 Å². The number of carbonyl (C=O) groups excluding carboxylic acids is 1. The highest BCUT2D eigenvalue weighted by atomic mass is 16.2. The number of hydrogen-bond acceptors (Lipinski definition) is 3. The molecule has 1 amide bonds. The molecule has 3 aromatic rings. The summed E-state index contributed by atoms with van der Waals surface area (Å²) in [6, 6.07) is 18.9. The summed E-state index contributed by atoms with van der Waals surface area (Å²) in [6.07, 6.45) is 5.04. The quantitative estimate of drug-likeness (QED) is 0.738. The Bertz CT molecular complexity index is 845. The van der Waals surface area contributed by atoms with Crippen molar-refractivity contribution in [3.05, 3.63) is 83.7 Å². The molecule has 1 atom stereocenters. The van der Waals surface area contributed by atoms with E-state index in [-0.39, 0.29) is 18.5 Å². The smallest absolute Gasteiger partial charge is 0.244 e. The Hall–Kier alpha value is -2.95. The third-order valence-corrected chi connectivity index (χ3v) is 4.77. The summed E-state index contributed by atoms with van der Waals surface area (Å²) in [4.78, 5) is 14.9. The average Bonchev–Trinajstić information content (AvgIpc) is 3.16. The Balaban J connectivity index is 1.64. The van der Waals surface area contributed by atoms with Crippen LogP contribution in [0.2, 0.25) is 0 Å². The molecule has 0 spiro atoms. The number of amides is 1. The first-order valence-electron chi connectivity index (χ1n) is 8.56. The van der Waals surface area contributed by atoms with Gasteiger partial charge in [0.25, 0.3) is 0 Å². The Morgan fingerprint density at radius 1 is 1.08 bits per heavy atom. The van der Waals surface area contributed by atoms with Gasteiger partial charge in [0.05, 0.1) is 12.2 Å². The lowest BCUT2D eigenvalue weighted by molar-refractivity contribution is -0.135. The first kappa shape index (κ1) is 15.6. The van der Waals surface area contributed by atoms with Crippen molar-refractivity contribution in [1.29, 1.82) is 0 Å². The van der Waals surface area contributed by atoms with E-state index in [1.165, 1.54) is 16.7 Å². The minimum absolute atomic E-state index is 0.0587. The molecule has 1 aliphatic heterocycles. The fraction of sp³-hybridized carbons (Fsp3) is 0.250. The van der Waals surface area contributed by atoms with Gasteiger partial charge in [0, 0.05) is 12.7 Å². The van der Waals surface area contributed by atoms with Crippen molar-refractivity contribution in [2.75, 3.05) is 6.54 Å². The van der Waals surface area contributed by atoms with Crippen LogP contribution in [0.3, 0.4) is 0 Å². The van der Waals surface area contributed by atoms with Crippen molar-refractivity contribution in [1.82, 2.24) is 19.9 Å². The third-order valence-electron chi connectivity index (χ3n) is 4.77. The number of hydrogen-bond donors (Lipinski definition) is 0. The zero-order valence-electron chi connectivity index (χ0n) is 14.0. The molecular formula is C20H20N4O. The van der Waals surface area contributed by atoms with Crippen LogP contribution in [0.4, 0.5) is 0 Å². The fourth-order valence-electron chi connectivity index (χ4n) is 3.55. The Labute approximate surface area is 146 Å². The van der Waals surface area contributed by atoms with Crippen LogP contribution in [0.15, 0.2) is 67.0 Å². The molecule has 4 rings (SSSR count). The molecule has 2 heterocycles. The van der Waals surface area contributed by atoms with Crippen LogP contribution < -0.4 is 0 Å². The molecule has 126 valence electrons. The van der Waals surface area contributed by atoms with E-state index in [1.54, 1.807) is 17.1 Å². The Kier molecular flexibility index (Phi) is 4.29. The zero-order valence-corrected chi connectivity index (χ0v) is 14.0. The number of benzene rings is 2.